The number of rotatable bonds is 5. The van der Waals surface area contributed by atoms with Crippen molar-refractivity contribution in [3.8, 4) is 0 Å². The van der Waals surface area contributed by atoms with E-state index in [0.717, 1.165) is 24.5 Å². The average Bonchev–Trinajstić information content (AvgIpc) is 3.10. The van der Waals surface area contributed by atoms with Crippen molar-refractivity contribution in [1.29, 1.82) is 0 Å². The minimum absolute atomic E-state index is 0. The molecule has 0 saturated carbocycles. The van der Waals surface area contributed by atoms with Crippen LogP contribution in [0.1, 0.15) is 24.0 Å². The first-order valence-electron chi connectivity index (χ1n) is 7.91. The number of benzene rings is 1. The van der Waals surface area contributed by atoms with E-state index in [1.54, 1.807) is 25.3 Å². The van der Waals surface area contributed by atoms with Crippen LogP contribution in [0.15, 0.2) is 41.4 Å². The number of aromatic nitrogens is 1. The Bertz CT molecular complexity index is 820. The first-order chi connectivity index (χ1) is 11.5. The standard InChI is InChI=1S/C17H20ClN3O2S.ClH/c1-13-4-6-15(18)10-16(13)24(22,23)20-12-14-5-7-17(19-11-14)21-8-2-3-9-21;/h4-7,10-11,20H,2-3,8-9,12H2,1H3;1H. The van der Waals surface area contributed by atoms with E-state index in [9.17, 15) is 8.42 Å². The Morgan fingerprint density at radius 2 is 1.92 bits per heavy atom. The molecule has 0 amide bonds. The summed E-state index contributed by atoms with van der Waals surface area (Å²) in [5.74, 6) is 0.949. The van der Waals surface area contributed by atoms with Crippen LogP contribution in [0.4, 0.5) is 5.82 Å². The van der Waals surface area contributed by atoms with Crippen LogP contribution < -0.4 is 9.62 Å². The highest BCUT2D eigenvalue weighted by molar-refractivity contribution is 7.89. The Morgan fingerprint density at radius 1 is 1.20 bits per heavy atom. The quantitative estimate of drug-likeness (QED) is 0.831. The number of sulfonamides is 1. The minimum Gasteiger partial charge on any atom is -0.357 e. The van der Waals surface area contributed by atoms with Gasteiger partial charge in [0, 0.05) is 30.9 Å². The van der Waals surface area contributed by atoms with E-state index in [2.05, 4.69) is 14.6 Å². The third kappa shape index (κ3) is 4.85. The smallest absolute Gasteiger partial charge is 0.241 e. The van der Waals surface area contributed by atoms with E-state index >= 15 is 0 Å². The second-order valence-electron chi connectivity index (χ2n) is 5.95. The fourth-order valence-electron chi connectivity index (χ4n) is 2.77. The summed E-state index contributed by atoms with van der Waals surface area (Å²) in [6.45, 7) is 4.01. The van der Waals surface area contributed by atoms with Gasteiger partial charge in [0.05, 0.1) is 4.90 Å². The maximum atomic E-state index is 12.5. The van der Waals surface area contributed by atoms with Crippen LogP contribution in [0, 0.1) is 6.92 Å². The van der Waals surface area contributed by atoms with Crippen molar-refractivity contribution in [3.63, 3.8) is 0 Å². The van der Waals surface area contributed by atoms with Crippen LogP contribution >= 0.6 is 24.0 Å². The highest BCUT2D eigenvalue weighted by Crippen LogP contribution is 2.21. The van der Waals surface area contributed by atoms with Gasteiger partial charge in [-0.3, -0.25) is 0 Å². The van der Waals surface area contributed by atoms with E-state index in [0.29, 0.717) is 10.6 Å². The summed E-state index contributed by atoms with van der Waals surface area (Å²) in [6, 6.07) is 8.70. The molecule has 2 heterocycles. The largest absolute Gasteiger partial charge is 0.357 e. The fraction of sp³-hybridized carbons (Fsp3) is 0.353. The first-order valence-corrected chi connectivity index (χ1v) is 9.77. The Hall–Kier alpha value is -1.34. The molecule has 0 aliphatic carbocycles. The summed E-state index contributed by atoms with van der Waals surface area (Å²) in [7, 11) is -3.61. The number of aryl methyl sites for hydroxylation is 1. The molecule has 136 valence electrons. The molecule has 2 aromatic rings. The van der Waals surface area contributed by atoms with E-state index in [4.69, 9.17) is 11.6 Å². The first kappa shape index (κ1) is 20.0. The van der Waals surface area contributed by atoms with Crippen LogP contribution in [0.3, 0.4) is 0 Å². The van der Waals surface area contributed by atoms with Crippen LogP contribution in [0.2, 0.25) is 5.02 Å². The zero-order valence-corrected chi connectivity index (χ0v) is 16.3. The van der Waals surface area contributed by atoms with Crippen LogP contribution in [-0.2, 0) is 16.6 Å². The van der Waals surface area contributed by atoms with Crippen molar-refractivity contribution in [2.45, 2.75) is 31.2 Å². The maximum absolute atomic E-state index is 12.5. The van der Waals surface area contributed by atoms with E-state index in [1.807, 2.05) is 12.1 Å². The zero-order valence-electron chi connectivity index (χ0n) is 13.9. The molecule has 0 atom stereocenters. The summed E-state index contributed by atoms with van der Waals surface area (Å²) in [4.78, 5) is 6.88. The Morgan fingerprint density at radius 3 is 2.56 bits per heavy atom. The molecule has 1 aromatic heterocycles. The molecule has 0 unspecified atom stereocenters. The van der Waals surface area contributed by atoms with Gasteiger partial charge in [-0.15, -0.1) is 12.4 Å². The predicted molar refractivity (Wildman–Crippen MR) is 103 cm³/mol. The number of nitrogens with one attached hydrogen (secondary N) is 1. The molecule has 0 radical (unpaired) electrons. The van der Waals surface area contributed by atoms with Crippen molar-refractivity contribution < 1.29 is 8.42 Å². The van der Waals surface area contributed by atoms with Gasteiger partial charge >= 0.3 is 0 Å². The second-order valence-corrected chi connectivity index (χ2v) is 8.12. The molecule has 1 N–H and O–H groups in total. The average molecular weight is 402 g/mol. The molecule has 8 heteroatoms. The Kier molecular flexibility index (Phi) is 6.68. The number of nitrogens with zero attached hydrogens (tertiary/aromatic N) is 2. The highest BCUT2D eigenvalue weighted by Gasteiger charge is 2.17. The molecule has 25 heavy (non-hydrogen) atoms. The molecule has 0 bridgehead atoms. The monoisotopic (exact) mass is 401 g/mol. The summed E-state index contributed by atoms with van der Waals surface area (Å²) in [6.07, 6.45) is 4.12. The van der Waals surface area contributed by atoms with E-state index in [1.165, 1.54) is 18.9 Å². The molecular weight excluding hydrogens is 381 g/mol. The Balaban J connectivity index is 0.00000225. The fourth-order valence-corrected chi connectivity index (χ4v) is 4.30. The van der Waals surface area contributed by atoms with Gasteiger partial charge in [0.1, 0.15) is 5.82 Å². The summed E-state index contributed by atoms with van der Waals surface area (Å²) in [5, 5.41) is 0.401. The molecule has 1 aliphatic rings. The third-order valence-corrected chi connectivity index (χ3v) is 5.92. The topological polar surface area (TPSA) is 62.3 Å². The van der Waals surface area contributed by atoms with Gasteiger partial charge < -0.3 is 4.90 Å². The van der Waals surface area contributed by atoms with Gasteiger partial charge in [-0.1, -0.05) is 23.7 Å². The van der Waals surface area contributed by atoms with Gasteiger partial charge in [-0.2, -0.15) is 0 Å². The molecule has 1 saturated heterocycles. The van der Waals surface area contributed by atoms with Gasteiger partial charge in [0.2, 0.25) is 10.0 Å². The number of hydrogen-bond donors (Lipinski definition) is 1. The molecule has 3 rings (SSSR count). The van der Waals surface area contributed by atoms with Crippen LogP contribution in [0.5, 0.6) is 0 Å². The SMILES string of the molecule is Cc1ccc(Cl)cc1S(=O)(=O)NCc1ccc(N2CCCC2)nc1.Cl. The lowest BCUT2D eigenvalue weighted by Crippen LogP contribution is -2.24. The van der Waals surface area contributed by atoms with Crippen molar-refractivity contribution in [2.75, 3.05) is 18.0 Å². The lowest BCUT2D eigenvalue weighted by Gasteiger charge is -2.16. The zero-order chi connectivity index (χ0) is 17.2. The highest BCUT2D eigenvalue weighted by atomic mass is 35.5. The van der Waals surface area contributed by atoms with Gasteiger partial charge in [-0.05, 0) is 49.1 Å². The molecule has 0 spiro atoms. The molecular formula is C17H21Cl2N3O2S. The van der Waals surface area contributed by atoms with Gasteiger partial charge in [-0.25, -0.2) is 18.1 Å². The van der Waals surface area contributed by atoms with Crippen molar-refractivity contribution in [2.24, 2.45) is 0 Å². The summed E-state index contributed by atoms with van der Waals surface area (Å²) < 4.78 is 27.5. The number of hydrogen-bond acceptors (Lipinski definition) is 4. The number of pyridine rings is 1. The predicted octanol–water partition coefficient (Wildman–Crippen LogP) is 3.54. The molecule has 1 fully saturated rings. The van der Waals surface area contributed by atoms with E-state index in [-0.39, 0.29) is 23.8 Å². The second kappa shape index (κ2) is 8.36. The van der Waals surface area contributed by atoms with Crippen molar-refractivity contribution in [1.82, 2.24) is 9.71 Å². The van der Waals surface area contributed by atoms with Gasteiger partial charge in [0.15, 0.2) is 0 Å². The lowest BCUT2D eigenvalue weighted by molar-refractivity contribution is 0.580. The maximum Gasteiger partial charge on any atom is 0.241 e. The van der Waals surface area contributed by atoms with Crippen molar-refractivity contribution in [3.05, 3.63) is 52.7 Å². The molecule has 5 nitrogen and oxygen atoms in total. The summed E-state index contributed by atoms with van der Waals surface area (Å²) >= 11 is 5.91. The minimum atomic E-state index is -3.61. The van der Waals surface area contributed by atoms with Crippen LogP contribution in [0.25, 0.3) is 0 Å². The third-order valence-electron chi connectivity index (χ3n) is 4.15. The summed E-state index contributed by atoms with van der Waals surface area (Å²) in [5.41, 5.74) is 1.48. The van der Waals surface area contributed by atoms with Crippen molar-refractivity contribution >= 4 is 39.8 Å². The Labute approximate surface area is 159 Å². The molecule has 1 aliphatic heterocycles. The normalized spacial score (nSPS) is 14.4. The number of halogens is 2. The number of anilines is 1. The molecule has 1 aromatic carbocycles. The van der Waals surface area contributed by atoms with E-state index < -0.39 is 10.0 Å². The van der Waals surface area contributed by atoms with Crippen LogP contribution in [-0.4, -0.2) is 26.5 Å². The lowest BCUT2D eigenvalue weighted by atomic mass is 10.2. The van der Waals surface area contributed by atoms with Gasteiger partial charge in [0.25, 0.3) is 0 Å².